The second kappa shape index (κ2) is 10.1. The molecule has 0 aromatic heterocycles. The summed E-state index contributed by atoms with van der Waals surface area (Å²) in [6.45, 7) is 6.34. The van der Waals surface area contributed by atoms with Gasteiger partial charge in [0.25, 0.3) is 0 Å². The van der Waals surface area contributed by atoms with Crippen molar-refractivity contribution < 1.29 is 5.21 Å². The van der Waals surface area contributed by atoms with E-state index < -0.39 is 0 Å². The van der Waals surface area contributed by atoms with Crippen LogP contribution in [0.2, 0.25) is 0 Å². The van der Waals surface area contributed by atoms with E-state index in [1.807, 2.05) is 13.8 Å². The fourth-order valence-electron chi connectivity index (χ4n) is 1.93. The molecule has 0 heterocycles. The van der Waals surface area contributed by atoms with Gasteiger partial charge >= 0.3 is 0 Å². The zero-order chi connectivity index (χ0) is 12.3. The Bertz CT molecular complexity index is 146. The maximum Gasteiger partial charge on any atom is 0.0373 e. The molecule has 0 amide bonds. The van der Waals surface area contributed by atoms with Gasteiger partial charge in [-0.3, -0.25) is 0 Å². The topological polar surface area (TPSA) is 32.3 Å². The van der Waals surface area contributed by atoms with Gasteiger partial charge in [-0.15, -0.1) is 0 Å². The lowest BCUT2D eigenvalue weighted by Crippen LogP contribution is -2.36. The van der Waals surface area contributed by atoms with Gasteiger partial charge < -0.3 is 5.21 Å². The molecule has 0 unspecified atom stereocenters. The maximum atomic E-state index is 8.87. The van der Waals surface area contributed by atoms with Crippen LogP contribution in [0.15, 0.2) is 0 Å². The molecular weight excluding hydrogens is 198 g/mol. The number of unbranched alkanes of at least 4 members (excludes halogenated alkanes) is 8. The number of nitrogens with one attached hydrogen (secondary N) is 1. The maximum absolute atomic E-state index is 8.87. The lowest BCUT2D eigenvalue weighted by Gasteiger charge is -2.21. The van der Waals surface area contributed by atoms with Gasteiger partial charge in [-0.25, -0.2) is 5.48 Å². The molecule has 2 N–H and O–H groups in total. The molecule has 0 rings (SSSR count). The van der Waals surface area contributed by atoms with E-state index in [4.69, 9.17) is 5.21 Å². The van der Waals surface area contributed by atoms with Crippen LogP contribution in [0.1, 0.15) is 85.0 Å². The van der Waals surface area contributed by atoms with Gasteiger partial charge in [0.2, 0.25) is 0 Å². The van der Waals surface area contributed by atoms with Gasteiger partial charge in [0.05, 0.1) is 0 Å². The molecule has 0 atom stereocenters. The summed E-state index contributed by atoms with van der Waals surface area (Å²) >= 11 is 0. The molecule has 0 bridgehead atoms. The van der Waals surface area contributed by atoms with Crippen LogP contribution >= 0.6 is 0 Å². The van der Waals surface area contributed by atoms with Gasteiger partial charge in [-0.2, -0.15) is 0 Å². The SMILES string of the molecule is CCCCCCCCCCCC(C)(C)NO. The van der Waals surface area contributed by atoms with Gasteiger partial charge in [0.1, 0.15) is 0 Å². The van der Waals surface area contributed by atoms with Crippen molar-refractivity contribution >= 4 is 0 Å². The zero-order valence-electron chi connectivity index (χ0n) is 11.5. The van der Waals surface area contributed by atoms with Crippen molar-refractivity contribution in [3.05, 3.63) is 0 Å². The Balaban J connectivity index is 3.10. The quantitative estimate of drug-likeness (QED) is 0.399. The van der Waals surface area contributed by atoms with E-state index in [0.29, 0.717) is 0 Å². The first-order valence-electron chi connectivity index (χ1n) is 7.03. The summed E-state index contributed by atoms with van der Waals surface area (Å²) in [7, 11) is 0. The fraction of sp³-hybridized carbons (Fsp3) is 1.00. The van der Waals surface area contributed by atoms with Crippen LogP contribution in [-0.2, 0) is 0 Å². The first-order chi connectivity index (χ1) is 7.62. The van der Waals surface area contributed by atoms with Crippen LogP contribution in [0, 0.1) is 0 Å². The van der Waals surface area contributed by atoms with Crippen molar-refractivity contribution in [1.29, 1.82) is 0 Å². The third-order valence-electron chi connectivity index (χ3n) is 3.21. The molecule has 16 heavy (non-hydrogen) atoms. The molecule has 0 saturated heterocycles. The van der Waals surface area contributed by atoms with Crippen LogP contribution in [0.25, 0.3) is 0 Å². The van der Waals surface area contributed by atoms with Crippen molar-refractivity contribution in [2.24, 2.45) is 0 Å². The molecule has 0 aliphatic carbocycles. The normalized spacial score (nSPS) is 12.0. The van der Waals surface area contributed by atoms with Gasteiger partial charge in [-0.1, -0.05) is 64.7 Å². The van der Waals surface area contributed by atoms with Crippen molar-refractivity contribution in [3.8, 4) is 0 Å². The summed E-state index contributed by atoms with van der Waals surface area (Å²) in [5.74, 6) is 0. The molecule has 0 spiro atoms. The average Bonchev–Trinajstić information content (AvgIpc) is 2.27. The molecule has 0 aliphatic rings. The monoisotopic (exact) mass is 229 g/mol. The minimum atomic E-state index is -0.110. The molecular formula is C14H31NO. The third kappa shape index (κ3) is 10.4. The van der Waals surface area contributed by atoms with Crippen molar-refractivity contribution in [2.45, 2.75) is 90.5 Å². The largest absolute Gasteiger partial charge is 0.316 e. The molecule has 2 nitrogen and oxygen atoms in total. The second-order valence-electron chi connectivity index (χ2n) is 5.57. The first kappa shape index (κ1) is 15.9. The molecule has 0 fully saturated rings. The Morgan fingerprint density at radius 3 is 1.69 bits per heavy atom. The van der Waals surface area contributed by atoms with Crippen LogP contribution in [0.5, 0.6) is 0 Å². The number of hydrogen-bond donors (Lipinski definition) is 2. The highest BCUT2D eigenvalue weighted by Crippen LogP contribution is 2.15. The highest BCUT2D eigenvalue weighted by molar-refractivity contribution is 4.72. The standard InChI is InChI=1S/C14H31NO/c1-4-5-6-7-8-9-10-11-12-13-14(2,3)15-16/h15-16H,4-13H2,1-3H3. The lowest BCUT2D eigenvalue weighted by molar-refractivity contribution is 0.0749. The Kier molecular flexibility index (Phi) is 10.0. The molecule has 0 aromatic carbocycles. The van der Waals surface area contributed by atoms with Crippen LogP contribution < -0.4 is 5.48 Å². The van der Waals surface area contributed by atoms with Crippen LogP contribution in [0.4, 0.5) is 0 Å². The molecule has 0 aliphatic heterocycles. The van der Waals surface area contributed by atoms with Crippen LogP contribution in [-0.4, -0.2) is 10.7 Å². The predicted molar refractivity (Wildman–Crippen MR) is 70.8 cm³/mol. The van der Waals surface area contributed by atoms with Crippen LogP contribution in [0.3, 0.4) is 0 Å². The average molecular weight is 229 g/mol. The Labute approximate surface area is 102 Å². The fourth-order valence-corrected chi connectivity index (χ4v) is 1.93. The first-order valence-corrected chi connectivity index (χ1v) is 7.03. The summed E-state index contributed by atoms with van der Waals surface area (Å²) in [6, 6.07) is 0. The lowest BCUT2D eigenvalue weighted by atomic mass is 9.97. The number of rotatable bonds is 11. The van der Waals surface area contributed by atoms with Gasteiger partial charge in [-0.05, 0) is 20.3 Å². The highest BCUT2D eigenvalue weighted by atomic mass is 16.5. The van der Waals surface area contributed by atoms with E-state index in [1.165, 1.54) is 57.8 Å². The summed E-state index contributed by atoms with van der Waals surface area (Å²) in [4.78, 5) is 0. The van der Waals surface area contributed by atoms with Crippen molar-refractivity contribution in [2.75, 3.05) is 0 Å². The highest BCUT2D eigenvalue weighted by Gasteiger charge is 2.14. The van der Waals surface area contributed by atoms with Gasteiger partial charge in [0, 0.05) is 5.54 Å². The van der Waals surface area contributed by atoms with Gasteiger partial charge in [0.15, 0.2) is 0 Å². The van der Waals surface area contributed by atoms with E-state index in [-0.39, 0.29) is 5.54 Å². The third-order valence-corrected chi connectivity index (χ3v) is 3.21. The van der Waals surface area contributed by atoms with E-state index in [2.05, 4.69) is 12.4 Å². The van der Waals surface area contributed by atoms with E-state index in [9.17, 15) is 0 Å². The van der Waals surface area contributed by atoms with E-state index in [1.54, 1.807) is 0 Å². The summed E-state index contributed by atoms with van der Waals surface area (Å²) in [5, 5.41) is 8.87. The predicted octanol–water partition coefficient (Wildman–Crippen LogP) is 4.66. The number of hydroxylamine groups is 1. The minimum absolute atomic E-state index is 0.110. The van der Waals surface area contributed by atoms with Crippen molar-refractivity contribution in [3.63, 3.8) is 0 Å². The molecule has 98 valence electrons. The summed E-state index contributed by atoms with van der Waals surface area (Å²) < 4.78 is 0. The van der Waals surface area contributed by atoms with E-state index in [0.717, 1.165) is 6.42 Å². The Hall–Kier alpha value is -0.0800. The zero-order valence-corrected chi connectivity index (χ0v) is 11.5. The molecule has 0 radical (unpaired) electrons. The second-order valence-corrected chi connectivity index (χ2v) is 5.57. The summed E-state index contributed by atoms with van der Waals surface area (Å²) in [5.41, 5.74) is 2.26. The number of hydrogen-bond acceptors (Lipinski definition) is 2. The Morgan fingerprint density at radius 2 is 1.25 bits per heavy atom. The van der Waals surface area contributed by atoms with E-state index >= 15 is 0 Å². The van der Waals surface area contributed by atoms with Crippen molar-refractivity contribution in [1.82, 2.24) is 5.48 Å². The molecule has 2 heteroatoms. The molecule has 0 saturated carbocycles. The minimum Gasteiger partial charge on any atom is -0.316 e. The Morgan fingerprint density at radius 1 is 0.812 bits per heavy atom. The molecule has 0 aromatic rings. The summed E-state index contributed by atoms with van der Waals surface area (Å²) in [6.07, 6.45) is 13.3. The smallest absolute Gasteiger partial charge is 0.0373 e.